The fourth-order valence-electron chi connectivity index (χ4n) is 21.5. The summed E-state index contributed by atoms with van der Waals surface area (Å²) in [4.78, 5) is 44.5. The molecule has 0 unspecified atom stereocenters. The zero-order valence-electron chi connectivity index (χ0n) is 66.0. The van der Waals surface area contributed by atoms with E-state index in [1.807, 2.05) is 12.1 Å². The van der Waals surface area contributed by atoms with Crippen LogP contribution in [-0.4, -0.2) is 136 Å². The van der Waals surface area contributed by atoms with Gasteiger partial charge in [0.2, 0.25) is 0 Å². The third kappa shape index (κ3) is 14.3. The molecule has 5 heterocycles. The molecule has 0 aromatic heterocycles. The van der Waals surface area contributed by atoms with Gasteiger partial charge in [-0.25, -0.2) is 14.4 Å². The summed E-state index contributed by atoms with van der Waals surface area (Å²) in [6.07, 6.45) is -1.07. The second-order valence-corrected chi connectivity index (χ2v) is 48.7. The largest absolute Gasteiger partial charge is 0.452 e. The Kier molecular flexibility index (Phi) is 22.6. The second-order valence-electron chi connectivity index (χ2n) is 35.6. The van der Waals surface area contributed by atoms with Gasteiger partial charge in [0.15, 0.2) is 36.7 Å². The van der Waals surface area contributed by atoms with Gasteiger partial charge in [-0.1, -0.05) is 231 Å². The minimum Gasteiger partial charge on any atom is -0.452 e. The highest BCUT2D eigenvalue weighted by molar-refractivity contribution is 6.99. The number of carbonyl (C=O) groups excluding carboxylic acids is 3. The SMILES string of the molecule is CC(C)[Si]1(C(C)C)O[C@@H]2[C@@H](O[C@@H]3O[C@@H](C)[C@H](OC(=O)c4ccccc4)[C@@H](OC(=O)c4ccccc4)[C@H]3OC(=O)c3ccccc3)[C@H](O[C@H]3CC[C@@]4(C)C(=CC[C@H]5[C@@H]6C[C@@H]7O[C@]8(CC[C@@H](C)CO8)[C@@H](C)[C@@H]7[C@@]6(C)CC[C@@H]54)C3)O[C@H](CO[Si](c3ccccc3)(c3ccccc3)C(C)(C)C)[C@H]2O[Si](C(C)C)(C(C)C)O1. The second kappa shape index (κ2) is 30.9. The fourth-order valence-corrected chi connectivity index (χ4v) is 37.4. The molecule has 0 radical (unpaired) electrons. The van der Waals surface area contributed by atoms with Crippen LogP contribution in [0.5, 0.6) is 0 Å². The first-order valence-electron chi connectivity index (χ1n) is 40.3. The minimum atomic E-state index is -3.56. The molecule has 5 aliphatic heterocycles. The number of benzene rings is 5. The molecule has 5 aromatic rings. The molecule has 14 rings (SSSR count). The smallest absolute Gasteiger partial charge is 0.338 e. The molecule has 1 spiro atoms. The Morgan fingerprint density at radius 2 is 1.07 bits per heavy atom. The molecule has 16 nitrogen and oxygen atoms in total. The van der Waals surface area contributed by atoms with Gasteiger partial charge in [-0.05, 0) is 173 Å². The summed E-state index contributed by atoms with van der Waals surface area (Å²) in [7, 11) is -10.3. The van der Waals surface area contributed by atoms with Crippen LogP contribution in [0.1, 0.15) is 200 Å². The zero-order valence-corrected chi connectivity index (χ0v) is 69.0. The molecule has 9 aliphatic rings. The van der Waals surface area contributed by atoms with Crippen LogP contribution in [-0.2, 0) is 60.0 Å². The highest BCUT2D eigenvalue weighted by Crippen LogP contribution is 2.71. The summed E-state index contributed by atoms with van der Waals surface area (Å²) in [6, 6.07) is 47.1. The predicted molar refractivity (Wildman–Crippen MR) is 418 cm³/mol. The van der Waals surface area contributed by atoms with Crippen molar-refractivity contribution in [1.82, 2.24) is 0 Å². The summed E-state index contributed by atoms with van der Waals surface area (Å²) in [5.74, 6) is 0.265. The van der Waals surface area contributed by atoms with Crippen molar-refractivity contribution < 1.29 is 74.4 Å². The predicted octanol–water partition coefficient (Wildman–Crippen LogP) is 17.2. The van der Waals surface area contributed by atoms with E-state index in [0.29, 0.717) is 41.9 Å². The van der Waals surface area contributed by atoms with Gasteiger partial charge >= 0.3 is 35.0 Å². The highest BCUT2D eigenvalue weighted by atomic mass is 28.5. The van der Waals surface area contributed by atoms with Crippen molar-refractivity contribution in [3.05, 3.63) is 180 Å². The maximum Gasteiger partial charge on any atom is 0.338 e. The monoisotopic (exact) mass is 1510 g/mol. The van der Waals surface area contributed by atoms with Crippen LogP contribution in [0.3, 0.4) is 0 Å². The van der Waals surface area contributed by atoms with Crippen LogP contribution in [0.4, 0.5) is 0 Å². The van der Waals surface area contributed by atoms with Gasteiger partial charge in [0.25, 0.3) is 8.32 Å². The van der Waals surface area contributed by atoms with Crippen LogP contribution >= 0.6 is 0 Å². The number of hydrogen-bond acceptors (Lipinski definition) is 16. The molecule has 8 fully saturated rings. The first-order valence-corrected chi connectivity index (χ1v) is 46.1. The van der Waals surface area contributed by atoms with Gasteiger partial charge in [0, 0.05) is 12.3 Å². The summed E-state index contributed by atoms with van der Waals surface area (Å²) >= 11 is 0. The summed E-state index contributed by atoms with van der Waals surface area (Å²) in [6.45, 7) is 37.0. The number of carbonyl (C=O) groups is 3. The van der Waals surface area contributed by atoms with Crippen LogP contribution in [0.15, 0.2) is 163 Å². The van der Waals surface area contributed by atoms with E-state index in [2.05, 4.69) is 171 Å². The van der Waals surface area contributed by atoms with Crippen molar-refractivity contribution in [2.75, 3.05) is 13.2 Å². The van der Waals surface area contributed by atoms with Gasteiger partial charge in [-0.3, -0.25) is 0 Å². The normalized spacial score (nSPS) is 35.9. The van der Waals surface area contributed by atoms with E-state index in [0.717, 1.165) is 61.9 Å². The van der Waals surface area contributed by atoms with Gasteiger partial charge in [-0.2, -0.15) is 0 Å². The van der Waals surface area contributed by atoms with Crippen LogP contribution in [0.2, 0.25) is 27.2 Å². The number of fused-ring (bicyclic) bond motifs is 8. The Morgan fingerprint density at radius 3 is 1.59 bits per heavy atom. The Labute approximate surface area is 639 Å². The molecular formula is C88H118O16Si3. The third-order valence-corrected chi connectivity index (χ3v) is 42.4. The fraction of sp³-hybridized carbons (Fsp3) is 0.602. The van der Waals surface area contributed by atoms with E-state index in [9.17, 15) is 9.59 Å². The highest BCUT2D eigenvalue weighted by Gasteiger charge is 2.71. The molecular weight excluding hydrogens is 1400 g/mol. The van der Waals surface area contributed by atoms with Crippen molar-refractivity contribution in [3.63, 3.8) is 0 Å². The molecule has 21 atom stereocenters. The van der Waals surface area contributed by atoms with Crippen molar-refractivity contribution in [2.24, 2.45) is 46.3 Å². The molecule has 0 N–H and O–H groups in total. The van der Waals surface area contributed by atoms with Crippen molar-refractivity contribution in [1.29, 1.82) is 0 Å². The number of hydrogen-bond donors (Lipinski definition) is 0. The Hall–Kier alpha value is -5.50. The van der Waals surface area contributed by atoms with Gasteiger partial charge in [-0.15, -0.1) is 0 Å². The number of esters is 3. The Balaban J connectivity index is 0.888. The topological polar surface area (TPSA) is 171 Å². The van der Waals surface area contributed by atoms with Crippen molar-refractivity contribution in [3.8, 4) is 0 Å². The molecule has 5 aromatic carbocycles. The van der Waals surface area contributed by atoms with E-state index in [1.165, 1.54) is 12.0 Å². The number of ether oxygens (including phenoxy) is 9. The van der Waals surface area contributed by atoms with Crippen molar-refractivity contribution in [2.45, 2.75) is 275 Å². The van der Waals surface area contributed by atoms with Gasteiger partial charge in [0.05, 0.1) is 48.2 Å². The molecule has 578 valence electrons. The maximum atomic E-state index is 15.1. The number of allylic oxidation sites excluding steroid dienone is 1. The van der Waals surface area contributed by atoms with E-state index in [1.54, 1.807) is 85.8 Å². The lowest BCUT2D eigenvalue weighted by atomic mass is 9.47. The van der Waals surface area contributed by atoms with E-state index >= 15 is 4.79 Å². The Bertz CT molecular complexity index is 3850. The molecule has 0 bridgehead atoms. The zero-order chi connectivity index (χ0) is 75.8. The Morgan fingerprint density at radius 1 is 0.570 bits per heavy atom. The van der Waals surface area contributed by atoms with Crippen LogP contribution < -0.4 is 10.4 Å². The maximum absolute atomic E-state index is 15.1. The average Bonchev–Trinajstić information content (AvgIpc) is 1.55. The van der Waals surface area contributed by atoms with E-state index in [-0.39, 0.29) is 68.5 Å². The summed E-state index contributed by atoms with van der Waals surface area (Å²) in [5.41, 5.74) is 1.85. The molecule has 3 saturated carbocycles. The molecule has 4 aliphatic carbocycles. The summed E-state index contributed by atoms with van der Waals surface area (Å²) < 4.78 is 97.3. The van der Waals surface area contributed by atoms with Crippen LogP contribution in [0.25, 0.3) is 0 Å². The standard InChI is InChI=1S/C88H118O16Si3/c1-54(2)106(55(3)4)102-75-72(53-93-105(85(12,13)14,66-38-28-20-29-39-66)67-40-30-21-31-41-67)96-84(95-65-45-47-86(15)64(50-65)42-43-68-69(86)46-48-87(16)70(68)51-71-73(87)59(10)88(101-71)49-44-58(9)52-92-88)79(77(75)103-107(104-106,56(5)6)57(7)8)100-83-78(99-82(91)63-36-26-19-27-37-63)76(98-81(90)62-34-24-18-25-35-62)74(60(11)94-83)97-80(89)61-32-22-17-23-33-61/h17-42,54-60,65,68-79,83-84H,43-53H2,1-16H3/t58-,59+,60+,65+,68-,69+,70+,71+,72-,73+,74+,75-,76-,77+,78-,79-,83+,84-,86+,87+,88-/m1/s1. The van der Waals surface area contributed by atoms with Crippen molar-refractivity contribution >= 4 is 53.7 Å². The quantitative estimate of drug-likeness (QED) is 0.0331. The lowest BCUT2D eigenvalue weighted by Crippen LogP contribution is -2.70. The first-order chi connectivity index (χ1) is 51.1. The number of rotatable bonds is 19. The lowest BCUT2D eigenvalue weighted by Gasteiger charge is -2.59. The molecule has 19 heteroatoms. The minimum absolute atomic E-state index is 0.0652. The summed E-state index contributed by atoms with van der Waals surface area (Å²) in [5, 5.41) is 1.81. The van der Waals surface area contributed by atoms with Gasteiger partial charge in [0.1, 0.15) is 24.4 Å². The average molecular weight is 1520 g/mol. The van der Waals surface area contributed by atoms with E-state index < -0.39 is 116 Å². The first kappa shape index (κ1) is 78.2. The molecule has 5 saturated heterocycles. The third-order valence-electron chi connectivity index (χ3n) is 27.1. The van der Waals surface area contributed by atoms with E-state index in [4.69, 9.17) is 60.0 Å². The molecule has 0 amide bonds. The van der Waals surface area contributed by atoms with Gasteiger partial charge < -0.3 is 60.0 Å². The molecule has 107 heavy (non-hydrogen) atoms. The lowest BCUT2D eigenvalue weighted by molar-refractivity contribution is -0.365. The van der Waals surface area contributed by atoms with Crippen LogP contribution in [0, 0.1) is 46.3 Å².